The molecule has 1 N–H and O–H groups in total. The van der Waals surface area contributed by atoms with Crippen molar-refractivity contribution in [2.24, 2.45) is 0 Å². The molecule has 0 radical (unpaired) electrons. The monoisotopic (exact) mass is 322 g/mol. The van der Waals surface area contributed by atoms with Gasteiger partial charge in [0.2, 0.25) is 0 Å². The van der Waals surface area contributed by atoms with E-state index < -0.39 is 0 Å². The van der Waals surface area contributed by atoms with E-state index in [4.69, 9.17) is 4.98 Å². The van der Waals surface area contributed by atoms with E-state index in [2.05, 4.69) is 45.5 Å². The van der Waals surface area contributed by atoms with E-state index in [1.165, 1.54) is 43.2 Å². The number of nitrogens with one attached hydrogen (secondary N) is 1. The Labute approximate surface area is 144 Å². The fraction of sp³-hybridized carbons (Fsp3) is 0.500. The van der Waals surface area contributed by atoms with Crippen molar-refractivity contribution in [1.29, 1.82) is 0 Å². The Morgan fingerprint density at radius 3 is 2.67 bits per heavy atom. The third-order valence-electron chi connectivity index (χ3n) is 5.24. The molecule has 1 aliphatic carbocycles. The molecule has 126 valence electrons. The van der Waals surface area contributed by atoms with Crippen molar-refractivity contribution in [3.8, 4) is 0 Å². The van der Waals surface area contributed by atoms with E-state index in [1.54, 1.807) is 0 Å². The van der Waals surface area contributed by atoms with Gasteiger partial charge in [0.15, 0.2) is 0 Å². The highest BCUT2D eigenvalue weighted by molar-refractivity contribution is 5.51. The zero-order valence-electron chi connectivity index (χ0n) is 14.5. The third-order valence-corrected chi connectivity index (χ3v) is 5.24. The Kier molecular flexibility index (Phi) is 4.37. The zero-order chi connectivity index (χ0) is 16.4. The third kappa shape index (κ3) is 3.37. The van der Waals surface area contributed by atoms with Gasteiger partial charge in [-0.2, -0.15) is 0 Å². The van der Waals surface area contributed by atoms with Crippen LogP contribution in [0.5, 0.6) is 0 Å². The number of aromatic nitrogens is 2. The second-order valence-corrected chi connectivity index (χ2v) is 7.08. The van der Waals surface area contributed by atoms with Crippen LogP contribution in [0.1, 0.15) is 49.1 Å². The van der Waals surface area contributed by atoms with Gasteiger partial charge in [0, 0.05) is 25.2 Å². The summed E-state index contributed by atoms with van der Waals surface area (Å²) in [6, 6.07) is 11.4. The fourth-order valence-corrected chi connectivity index (χ4v) is 3.94. The summed E-state index contributed by atoms with van der Waals surface area (Å²) in [5.41, 5.74) is 2.89. The van der Waals surface area contributed by atoms with Crippen molar-refractivity contribution in [2.75, 3.05) is 16.8 Å². The van der Waals surface area contributed by atoms with Gasteiger partial charge in [-0.3, -0.25) is 0 Å². The first-order valence-electron chi connectivity index (χ1n) is 9.22. The second kappa shape index (κ2) is 6.80. The van der Waals surface area contributed by atoms with Gasteiger partial charge < -0.3 is 10.2 Å². The number of rotatable bonds is 3. The maximum Gasteiger partial charge on any atom is 0.134 e. The Morgan fingerprint density at radius 2 is 1.83 bits per heavy atom. The summed E-state index contributed by atoms with van der Waals surface area (Å²) in [5, 5.41) is 3.64. The smallest absolute Gasteiger partial charge is 0.134 e. The van der Waals surface area contributed by atoms with Gasteiger partial charge in [-0.05, 0) is 37.3 Å². The number of nitrogens with zero attached hydrogens (tertiary/aromatic N) is 3. The average molecular weight is 322 g/mol. The van der Waals surface area contributed by atoms with Gasteiger partial charge >= 0.3 is 0 Å². The van der Waals surface area contributed by atoms with E-state index in [1.807, 2.05) is 6.92 Å². The number of anilines is 2. The van der Waals surface area contributed by atoms with Crippen LogP contribution in [0, 0.1) is 6.92 Å². The van der Waals surface area contributed by atoms with E-state index in [0.717, 1.165) is 37.0 Å². The molecule has 1 saturated carbocycles. The summed E-state index contributed by atoms with van der Waals surface area (Å²) in [6.07, 6.45) is 7.64. The van der Waals surface area contributed by atoms with Crippen LogP contribution in [-0.4, -0.2) is 22.6 Å². The Hall–Kier alpha value is -2.10. The number of benzene rings is 1. The van der Waals surface area contributed by atoms with Crippen LogP contribution in [0.3, 0.4) is 0 Å². The van der Waals surface area contributed by atoms with Crippen LogP contribution in [0.15, 0.2) is 30.3 Å². The topological polar surface area (TPSA) is 41.1 Å². The van der Waals surface area contributed by atoms with Crippen molar-refractivity contribution in [3.63, 3.8) is 0 Å². The highest BCUT2D eigenvalue weighted by atomic mass is 15.2. The molecule has 0 amide bonds. The van der Waals surface area contributed by atoms with Gasteiger partial charge in [0.25, 0.3) is 0 Å². The molecule has 1 aromatic carbocycles. The largest absolute Gasteiger partial charge is 0.367 e. The van der Waals surface area contributed by atoms with Crippen LogP contribution in [-0.2, 0) is 13.0 Å². The summed E-state index contributed by atoms with van der Waals surface area (Å²) in [7, 11) is 0. The van der Waals surface area contributed by atoms with E-state index in [0.29, 0.717) is 6.04 Å². The Morgan fingerprint density at radius 1 is 1.04 bits per heavy atom. The van der Waals surface area contributed by atoms with Gasteiger partial charge in [-0.25, -0.2) is 9.97 Å². The van der Waals surface area contributed by atoms with Crippen LogP contribution in [0.4, 0.5) is 11.6 Å². The minimum Gasteiger partial charge on any atom is -0.367 e. The predicted octanol–water partition coefficient (Wildman–Crippen LogP) is 4.09. The van der Waals surface area contributed by atoms with Gasteiger partial charge in [-0.15, -0.1) is 0 Å². The van der Waals surface area contributed by atoms with Crippen molar-refractivity contribution >= 4 is 11.6 Å². The molecule has 0 atom stereocenters. The summed E-state index contributed by atoms with van der Waals surface area (Å²) in [4.78, 5) is 11.7. The average Bonchev–Trinajstić information content (AvgIpc) is 2.62. The zero-order valence-corrected chi connectivity index (χ0v) is 14.5. The first kappa shape index (κ1) is 15.4. The summed E-state index contributed by atoms with van der Waals surface area (Å²) in [5.74, 6) is 2.89. The molecule has 0 saturated heterocycles. The lowest BCUT2D eigenvalue weighted by molar-refractivity contribution is 0.461. The predicted molar refractivity (Wildman–Crippen MR) is 98.5 cm³/mol. The maximum absolute atomic E-state index is 4.70. The Bertz CT molecular complexity index is 707. The lowest BCUT2D eigenvalue weighted by Crippen LogP contribution is -2.31. The van der Waals surface area contributed by atoms with Gasteiger partial charge in [0.1, 0.15) is 17.5 Å². The van der Waals surface area contributed by atoms with E-state index in [-0.39, 0.29) is 0 Å². The maximum atomic E-state index is 4.70. The number of hydrogen-bond donors (Lipinski definition) is 1. The first-order valence-corrected chi connectivity index (χ1v) is 9.22. The van der Waals surface area contributed by atoms with Crippen molar-refractivity contribution in [1.82, 2.24) is 9.97 Å². The standard InChI is InChI=1S/C20H26N4/c1-15-21-19(23-18-9-3-2-4-10-18)13-20(22-15)24-12-11-16-7-5-6-8-17(16)14-24/h5-8,13,18H,2-4,9-12,14H2,1H3,(H,21,22,23). The minimum atomic E-state index is 0.572. The van der Waals surface area contributed by atoms with E-state index in [9.17, 15) is 0 Å². The number of fused-ring (bicyclic) bond motifs is 1. The van der Waals surface area contributed by atoms with Crippen molar-refractivity contribution in [3.05, 3.63) is 47.3 Å². The summed E-state index contributed by atoms with van der Waals surface area (Å²) >= 11 is 0. The lowest BCUT2D eigenvalue weighted by Gasteiger charge is -2.30. The molecular weight excluding hydrogens is 296 g/mol. The minimum absolute atomic E-state index is 0.572. The molecule has 1 fully saturated rings. The molecule has 2 aromatic rings. The molecular formula is C20H26N4. The van der Waals surface area contributed by atoms with Gasteiger partial charge in [-0.1, -0.05) is 43.5 Å². The SMILES string of the molecule is Cc1nc(NC2CCCCC2)cc(N2CCc3ccccc3C2)n1. The molecule has 4 heteroatoms. The fourth-order valence-electron chi connectivity index (χ4n) is 3.94. The highest BCUT2D eigenvalue weighted by Crippen LogP contribution is 2.26. The molecule has 24 heavy (non-hydrogen) atoms. The quantitative estimate of drug-likeness (QED) is 0.924. The number of hydrogen-bond acceptors (Lipinski definition) is 4. The van der Waals surface area contributed by atoms with Crippen LogP contribution in [0.25, 0.3) is 0 Å². The normalized spacial score (nSPS) is 18.3. The van der Waals surface area contributed by atoms with Crippen molar-refractivity contribution < 1.29 is 0 Å². The Balaban J connectivity index is 1.53. The molecule has 1 aliphatic heterocycles. The lowest BCUT2D eigenvalue weighted by atomic mass is 9.95. The van der Waals surface area contributed by atoms with Crippen molar-refractivity contribution in [2.45, 2.75) is 58.0 Å². The molecule has 4 rings (SSSR count). The van der Waals surface area contributed by atoms with E-state index >= 15 is 0 Å². The second-order valence-electron chi connectivity index (χ2n) is 7.08. The molecule has 4 nitrogen and oxygen atoms in total. The van der Waals surface area contributed by atoms with Crippen LogP contribution < -0.4 is 10.2 Å². The summed E-state index contributed by atoms with van der Waals surface area (Å²) in [6.45, 7) is 3.96. The highest BCUT2D eigenvalue weighted by Gasteiger charge is 2.19. The first-order chi connectivity index (χ1) is 11.8. The molecule has 0 bridgehead atoms. The molecule has 2 aliphatic rings. The molecule has 0 unspecified atom stereocenters. The molecule has 0 spiro atoms. The van der Waals surface area contributed by atoms with Crippen LogP contribution >= 0.6 is 0 Å². The van der Waals surface area contributed by atoms with Gasteiger partial charge in [0.05, 0.1) is 0 Å². The number of aryl methyl sites for hydroxylation is 1. The molecule has 1 aromatic heterocycles. The molecule has 2 heterocycles. The van der Waals surface area contributed by atoms with Crippen LogP contribution in [0.2, 0.25) is 0 Å². The summed E-state index contributed by atoms with van der Waals surface area (Å²) < 4.78 is 0.